The fourth-order valence-corrected chi connectivity index (χ4v) is 3.22. The number of fused-ring (bicyclic) bond motifs is 1. The number of ether oxygens (including phenoxy) is 1. The molecule has 0 radical (unpaired) electrons. The number of nitrogens with one attached hydrogen (secondary N) is 1. The lowest BCUT2D eigenvalue weighted by Gasteiger charge is -2.11. The van der Waals surface area contributed by atoms with E-state index in [2.05, 4.69) is 19.7 Å². The molecule has 0 aromatic carbocycles. The summed E-state index contributed by atoms with van der Waals surface area (Å²) in [5.74, 6) is -0.336. The Morgan fingerprint density at radius 1 is 1.35 bits per heavy atom. The SMILES string of the molecule is O=c1[nH]c(SCc2cccnc2OC(F)(F)F)nc2c1CCC2. The zero-order valence-corrected chi connectivity index (χ0v) is 12.6. The van der Waals surface area contributed by atoms with Crippen molar-refractivity contribution in [2.75, 3.05) is 0 Å². The van der Waals surface area contributed by atoms with Crippen LogP contribution in [0.4, 0.5) is 13.2 Å². The number of aromatic nitrogens is 3. The van der Waals surface area contributed by atoms with Gasteiger partial charge in [0.25, 0.3) is 5.56 Å². The van der Waals surface area contributed by atoms with Gasteiger partial charge in [-0.2, -0.15) is 0 Å². The first-order chi connectivity index (χ1) is 10.9. The van der Waals surface area contributed by atoms with E-state index in [4.69, 9.17) is 0 Å². The van der Waals surface area contributed by atoms with Crippen molar-refractivity contribution < 1.29 is 17.9 Å². The van der Waals surface area contributed by atoms with Gasteiger partial charge in [0.1, 0.15) is 0 Å². The van der Waals surface area contributed by atoms with Gasteiger partial charge in [-0.15, -0.1) is 13.2 Å². The van der Waals surface area contributed by atoms with Gasteiger partial charge in [0.2, 0.25) is 5.88 Å². The Morgan fingerprint density at radius 2 is 2.17 bits per heavy atom. The van der Waals surface area contributed by atoms with E-state index >= 15 is 0 Å². The number of aromatic amines is 1. The Morgan fingerprint density at radius 3 is 2.96 bits per heavy atom. The molecule has 1 aliphatic carbocycles. The van der Waals surface area contributed by atoms with Crippen LogP contribution in [0.2, 0.25) is 0 Å². The summed E-state index contributed by atoms with van der Waals surface area (Å²) < 4.78 is 41.0. The van der Waals surface area contributed by atoms with E-state index in [1.165, 1.54) is 18.3 Å². The number of hydrogen-bond acceptors (Lipinski definition) is 5. The highest BCUT2D eigenvalue weighted by molar-refractivity contribution is 7.98. The third-order valence-electron chi connectivity index (χ3n) is 3.35. The average Bonchev–Trinajstić information content (AvgIpc) is 2.94. The highest BCUT2D eigenvalue weighted by Gasteiger charge is 2.32. The summed E-state index contributed by atoms with van der Waals surface area (Å²) in [6, 6.07) is 3.02. The van der Waals surface area contributed by atoms with Crippen LogP contribution in [-0.2, 0) is 18.6 Å². The first-order valence-electron chi connectivity index (χ1n) is 6.87. The molecule has 3 rings (SSSR count). The van der Waals surface area contributed by atoms with Gasteiger partial charge in [-0.05, 0) is 25.3 Å². The van der Waals surface area contributed by atoms with E-state index in [1.54, 1.807) is 0 Å². The van der Waals surface area contributed by atoms with Crippen LogP contribution >= 0.6 is 11.8 Å². The number of H-pyrrole nitrogens is 1. The Hall–Kier alpha value is -2.03. The van der Waals surface area contributed by atoms with Crippen LogP contribution in [0.5, 0.6) is 5.88 Å². The second-order valence-electron chi connectivity index (χ2n) is 4.95. The number of hydrogen-bond donors (Lipinski definition) is 1. The fraction of sp³-hybridized carbons (Fsp3) is 0.357. The molecule has 122 valence electrons. The van der Waals surface area contributed by atoms with Gasteiger partial charge in [0, 0.05) is 23.1 Å². The van der Waals surface area contributed by atoms with Gasteiger partial charge in [0.15, 0.2) is 5.16 Å². The van der Waals surface area contributed by atoms with E-state index in [-0.39, 0.29) is 16.9 Å². The van der Waals surface area contributed by atoms with Gasteiger partial charge in [-0.25, -0.2) is 9.97 Å². The summed E-state index contributed by atoms with van der Waals surface area (Å²) in [4.78, 5) is 22.5. The second kappa shape index (κ2) is 6.23. The molecule has 2 heterocycles. The topological polar surface area (TPSA) is 67.9 Å². The van der Waals surface area contributed by atoms with Gasteiger partial charge in [-0.3, -0.25) is 4.79 Å². The maximum atomic E-state index is 12.4. The first kappa shape index (κ1) is 15.9. The maximum absolute atomic E-state index is 12.4. The molecule has 1 N–H and O–H groups in total. The summed E-state index contributed by atoms with van der Waals surface area (Å²) in [6.45, 7) is 0. The molecule has 0 amide bonds. The van der Waals surface area contributed by atoms with Crippen LogP contribution in [0.25, 0.3) is 0 Å². The van der Waals surface area contributed by atoms with Crippen LogP contribution < -0.4 is 10.3 Å². The molecule has 2 aromatic rings. The fourth-order valence-electron chi connectivity index (χ4n) is 2.37. The molecule has 0 bridgehead atoms. The minimum Gasteiger partial charge on any atom is -0.388 e. The highest BCUT2D eigenvalue weighted by Crippen LogP contribution is 2.29. The molecule has 5 nitrogen and oxygen atoms in total. The average molecular weight is 343 g/mol. The van der Waals surface area contributed by atoms with Gasteiger partial charge < -0.3 is 9.72 Å². The quantitative estimate of drug-likeness (QED) is 0.683. The highest BCUT2D eigenvalue weighted by atomic mass is 32.2. The zero-order valence-electron chi connectivity index (χ0n) is 11.8. The lowest BCUT2D eigenvalue weighted by atomic mass is 10.3. The molecule has 2 aromatic heterocycles. The monoisotopic (exact) mass is 343 g/mol. The second-order valence-corrected chi connectivity index (χ2v) is 5.92. The maximum Gasteiger partial charge on any atom is 0.574 e. The molecule has 0 saturated heterocycles. The summed E-state index contributed by atoms with van der Waals surface area (Å²) in [6.07, 6.45) is -1.21. The molecule has 1 aliphatic rings. The third kappa shape index (κ3) is 3.84. The van der Waals surface area contributed by atoms with Crippen molar-refractivity contribution in [3.8, 4) is 5.88 Å². The Balaban J connectivity index is 1.77. The lowest BCUT2D eigenvalue weighted by molar-refractivity contribution is -0.276. The summed E-state index contributed by atoms with van der Waals surface area (Å²) >= 11 is 1.14. The van der Waals surface area contributed by atoms with Crippen molar-refractivity contribution in [2.45, 2.75) is 36.5 Å². The Kier molecular flexibility index (Phi) is 4.29. The Bertz CT molecular complexity index is 777. The van der Waals surface area contributed by atoms with Gasteiger partial charge >= 0.3 is 6.36 Å². The molecule has 23 heavy (non-hydrogen) atoms. The van der Waals surface area contributed by atoms with E-state index in [0.29, 0.717) is 10.7 Å². The van der Waals surface area contributed by atoms with Crippen molar-refractivity contribution in [3.05, 3.63) is 45.5 Å². The number of alkyl halides is 3. The van der Waals surface area contributed by atoms with Crippen LogP contribution in [0.15, 0.2) is 28.3 Å². The minimum atomic E-state index is -4.80. The summed E-state index contributed by atoms with van der Waals surface area (Å²) in [7, 11) is 0. The zero-order chi connectivity index (χ0) is 16.4. The standard InChI is InChI=1S/C14H12F3N3O2S/c15-14(16,17)22-12-8(3-2-6-18-12)7-23-13-19-10-5-1-4-9(10)11(21)20-13/h2-3,6H,1,4-5,7H2,(H,19,20,21). The van der Waals surface area contributed by atoms with Crippen molar-refractivity contribution >= 4 is 11.8 Å². The number of halogens is 3. The predicted octanol–water partition coefficient (Wildman–Crippen LogP) is 2.84. The number of nitrogens with zero attached hydrogens (tertiary/aromatic N) is 2. The molecule has 0 unspecified atom stereocenters. The molecular formula is C14H12F3N3O2S. The van der Waals surface area contributed by atoms with Gasteiger partial charge in [-0.1, -0.05) is 17.8 Å². The minimum absolute atomic E-state index is 0.154. The predicted molar refractivity (Wildman–Crippen MR) is 77.4 cm³/mol. The normalized spacial score (nSPS) is 13.9. The Labute approximate surface area is 133 Å². The van der Waals surface area contributed by atoms with E-state index in [0.717, 1.165) is 36.7 Å². The smallest absolute Gasteiger partial charge is 0.388 e. The molecule has 0 aliphatic heterocycles. The van der Waals surface area contributed by atoms with Gasteiger partial charge in [0.05, 0.1) is 5.69 Å². The van der Waals surface area contributed by atoms with Crippen molar-refractivity contribution in [2.24, 2.45) is 0 Å². The molecule has 0 saturated carbocycles. The summed E-state index contributed by atoms with van der Waals surface area (Å²) in [5, 5.41) is 0.387. The van der Waals surface area contributed by atoms with E-state index < -0.39 is 12.2 Å². The number of thioether (sulfide) groups is 1. The van der Waals surface area contributed by atoms with Crippen LogP contribution in [0, 0.1) is 0 Å². The van der Waals surface area contributed by atoms with E-state index in [9.17, 15) is 18.0 Å². The van der Waals surface area contributed by atoms with Crippen LogP contribution in [0.1, 0.15) is 23.2 Å². The van der Waals surface area contributed by atoms with Crippen molar-refractivity contribution in [1.29, 1.82) is 0 Å². The van der Waals surface area contributed by atoms with Crippen LogP contribution in [-0.4, -0.2) is 21.3 Å². The molecule has 9 heteroatoms. The number of pyridine rings is 1. The number of rotatable bonds is 4. The first-order valence-corrected chi connectivity index (χ1v) is 7.85. The molecule has 0 atom stereocenters. The molecular weight excluding hydrogens is 331 g/mol. The summed E-state index contributed by atoms with van der Waals surface area (Å²) in [5.41, 5.74) is 1.58. The largest absolute Gasteiger partial charge is 0.574 e. The van der Waals surface area contributed by atoms with Crippen molar-refractivity contribution in [3.63, 3.8) is 0 Å². The van der Waals surface area contributed by atoms with E-state index in [1.807, 2.05) is 0 Å². The van der Waals surface area contributed by atoms with Crippen LogP contribution in [0.3, 0.4) is 0 Å². The number of aryl methyl sites for hydroxylation is 1. The van der Waals surface area contributed by atoms with Crippen molar-refractivity contribution in [1.82, 2.24) is 15.0 Å². The third-order valence-corrected chi connectivity index (χ3v) is 4.27. The molecule has 0 fully saturated rings. The molecule has 0 spiro atoms. The lowest BCUT2D eigenvalue weighted by Crippen LogP contribution is -2.19.